The number of nitrogens with zero attached hydrogens (tertiary/aromatic N) is 2. The van der Waals surface area contributed by atoms with Crippen LogP contribution in [0.5, 0.6) is 0 Å². The number of hydrogen-bond acceptors (Lipinski definition) is 3. The SMILES string of the molecule is O=[N+]([O-])c1ccc2[nH]nc(Cl)c2c1. The van der Waals surface area contributed by atoms with Crippen molar-refractivity contribution < 1.29 is 4.92 Å². The molecule has 2 aromatic rings. The van der Waals surface area contributed by atoms with E-state index in [1.54, 1.807) is 6.07 Å². The fourth-order valence-electron chi connectivity index (χ4n) is 1.08. The van der Waals surface area contributed by atoms with Crippen LogP contribution < -0.4 is 0 Å². The van der Waals surface area contributed by atoms with Gasteiger partial charge in [-0.05, 0) is 6.07 Å². The Morgan fingerprint density at radius 1 is 1.54 bits per heavy atom. The van der Waals surface area contributed by atoms with Gasteiger partial charge >= 0.3 is 0 Å². The van der Waals surface area contributed by atoms with Crippen molar-refractivity contribution in [1.82, 2.24) is 10.2 Å². The maximum absolute atomic E-state index is 10.4. The van der Waals surface area contributed by atoms with Gasteiger partial charge in [-0.2, -0.15) is 5.10 Å². The van der Waals surface area contributed by atoms with Gasteiger partial charge in [-0.15, -0.1) is 0 Å². The first-order valence-electron chi connectivity index (χ1n) is 3.46. The number of nitrogens with one attached hydrogen (secondary N) is 1. The topological polar surface area (TPSA) is 71.8 Å². The summed E-state index contributed by atoms with van der Waals surface area (Å²) < 4.78 is 0. The minimum absolute atomic E-state index is 0.0100. The van der Waals surface area contributed by atoms with Crippen molar-refractivity contribution in [3.05, 3.63) is 33.5 Å². The van der Waals surface area contributed by atoms with Crippen molar-refractivity contribution in [2.75, 3.05) is 0 Å². The molecule has 1 heterocycles. The van der Waals surface area contributed by atoms with Crippen molar-refractivity contribution in [2.45, 2.75) is 0 Å². The number of rotatable bonds is 1. The highest BCUT2D eigenvalue weighted by Gasteiger charge is 2.09. The third-order valence-corrected chi connectivity index (χ3v) is 2.00. The van der Waals surface area contributed by atoms with Crippen LogP contribution in [0.25, 0.3) is 10.9 Å². The second-order valence-electron chi connectivity index (χ2n) is 2.50. The highest BCUT2D eigenvalue weighted by atomic mass is 35.5. The molecule has 0 bridgehead atoms. The maximum atomic E-state index is 10.4. The van der Waals surface area contributed by atoms with Gasteiger partial charge in [0.05, 0.1) is 10.4 Å². The molecule has 0 aliphatic carbocycles. The van der Waals surface area contributed by atoms with Gasteiger partial charge in [0.1, 0.15) is 0 Å². The molecule has 0 atom stereocenters. The van der Waals surface area contributed by atoms with E-state index in [4.69, 9.17) is 11.6 Å². The summed E-state index contributed by atoms with van der Waals surface area (Å²) in [7, 11) is 0. The Morgan fingerprint density at radius 2 is 2.31 bits per heavy atom. The van der Waals surface area contributed by atoms with Crippen LogP contribution in [0.15, 0.2) is 18.2 Å². The van der Waals surface area contributed by atoms with Crippen molar-refractivity contribution in [3.8, 4) is 0 Å². The van der Waals surface area contributed by atoms with E-state index in [1.165, 1.54) is 12.1 Å². The van der Waals surface area contributed by atoms with Gasteiger partial charge in [0, 0.05) is 17.5 Å². The van der Waals surface area contributed by atoms with Crippen molar-refractivity contribution in [1.29, 1.82) is 0 Å². The van der Waals surface area contributed by atoms with Gasteiger partial charge in [0.2, 0.25) is 0 Å². The van der Waals surface area contributed by atoms with Gasteiger partial charge in [-0.25, -0.2) is 0 Å². The number of nitro benzene ring substituents is 1. The molecular formula is C7H4ClN3O2. The lowest BCUT2D eigenvalue weighted by Crippen LogP contribution is -1.86. The third-order valence-electron chi connectivity index (χ3n) is 1.71. The smallest absolute Gasteiger partial charge is 0.270 e. The van der Waals surface area contributed by atoms with Crippen LogP contribution in [0.2, 0.25) is 5.15 Å². The van der Waals surface area contributed by atoms with Gasteiger partial charge < -0.3 is 0 Å². The maximum Gasteiger partial charge on any atom is 0.270 e. The number of nitro groups is 1. The van der Waals surface area contributed by atoms with Gasteiger partial charge in [0.15, 0.2) is 5.15 Å². The normalized spacial score (nSPS) is 10.5. The van der Waals surface area contributed by atoms with Gasteiger partial charge in [-0.1, -0.05) is 11.6 Å². The number of aromatic nitrogens is 2. The van der Waals surface area contributed by atoms with Gasteiger partial charge in [0.25, 0.3) is 5.69 Å². The lowest BCUT2D eigenvalue weighted by atomic mass is 10.2. The molecule has 1 N–H and O–H groups in total. The number of non-ortho nitro benzene ring substituents is 1. The average molecular weight is 198 g/mol. The molecule has 1 aromatic heterocycles. The molecule has 6 heteroatoms. The van der Waals surface area contributed by atoms with E-state index < -0.39 is 4.92 Å². The first-order valence-corrected chi connectivity index (χ1v) is 3.84. The molecule has 0 aliphatic heterocycles. The summed E-state index contributed by atoms with van der Waals surface area (Å²) in [4.78, 5) is 9.94. The van der Waals surface area contributed by atoms with E-state index >= 15 is 0 Å². The van der Waals surface area contributed by atoms with E-state index in [9.17, 15) is 10.1 Å². The zero-order valence-electron chi connectivity index (χ0n) is 6.32. The largest absolute Gasteiger partial charge is 0.276 e. The number of halogens is 1. The minimum Gasteiger partial charge on any atom is -0.276 e. The predicted octanol–water partition coefficient (Wildman–Crippen LogP) is 2.12. The van der Waals surface area contributed by atoms with Crippen LogP contribution in [0.3, 0.4) is 0 Å². The molecule has 0 fully saturated rings. The van der Waals surface area contributed by atoms with Crippen LogP contribution >= 0.6 is 11.6 Å². The van der Waals surface area contributed by atoms with E-state index in [1.807, 2.05) is 0 Å². The van der Waals surface area contributed by atoms with Crippen molar-refractivity contribution >= 4 is 28.2 Å². The molecule has 1 aromatic carbocycles. The summed E-state index contributed by atoms with van der Waals surface area (Å²) >= 11 is 5.68. The lowest BCUT2D eigenvalue weighted by molar-refractivity contribution is -0.384. The Morgan fingerprint density at radius 3 is 3.00 bits per heavy atom. The molecule has 0 aliphatic rings. The van der Waals surface area contributed by atoms with Crippen LogP contribution in [-0.4, -0.2) is 15.1 Å². The third kappa shape index (κ3) is 1.23. The minimum atomic E-state index is -0.469. The molecule has 66 valence electrons. The summed E-state index contributed by atoms with van der Waals surface area (Å²) in [5.74, 6) is 0. The number of benzene rings is 1. The summed E-state index contributed by atoms with van der Waals surface area (Å²) in [5, 5.41) is 17.6. The highest BCUT2D eigenvalue weighted by molar-refractivity contribution is 6.34. The predicted molar refractivity (Wildman–Crippen MR) is 47.8 cm³/mol. The van der Waals surface area contributed by atoms with E-state index in [0.29, 0.717) is 10.9 Å². The quantitative estimate of drug-likeness (QED) is 0.562. The molecule has 0 spiro atoms. The lowest BCUT2D eigenvalue weighted by Gasteiger charge is -1.90. The van der Waals surface area contributed by atoms with Crippen LogP contribution in [-0.2, 0) is 0 Å². The summed E-state index contributed by atoms with van der Waals surface area (Å²) in [6.45, 7) is 0. The molecule has 13 heavy (non-hydrogen) atoms. The number of fused-ring (bicyclic) bond motifs is 1. The molecular weight excluding hydrogens is 194 g/mol. The number of aromatic amines is 1. The van der Waals surface area contributed by atoms with E-state index in [0.717, 1.165) is 0 Å². The average Bonchev–Trinajstić information content (AvgIpc) is 2.47. The zero-order chi connectivity index (χ0) is 9.42. The summed E-state index contributed by atoms with van der Waals surface area (Å²) in [6, 6.07) is 4.37. The number of hydrogen-bond donors (Lipinski definition) is 1. The Labute approximate surface area is 77.5 Å². The fourth-order valence-corrected chi connectivity index (χ4v) is 1.28. The molecule has 0 saturated carbocycles. The Balaban J connectivity index is 2.72. The monoisotopic (exact) mass is 197 g/mol. The highest BCUT2D eigenvalue weighted by Crippen LogP contribution is 2.24. The Bertz CT molecular complexity index is 480. The fraction of sp³-hybridized carbons (Fsp3) is 0. The number of H-pyrrole nitrogens is 1. The Kier molecular flexibility index (Phi) is 1.66. The first-order chi connectivity index (χ1) is 6.18. The zero-order valence-corrected chi connectivity index (χ0v) is 7.08. The van der Waals surface area contributed by atoms with Crippen LogP contribution in [0.1, 0.15) is 0 Å². The van der Waals surface area contributed by atoms with E-state index in [2.05, 4.69) is 10.2 Å². The molecule has 0 saturated heterocycles. The molecule has 0 amide bonds. The van der Waals surface area contributed by atoms with Crippen molar-refractivity contribution in [3.63, 3.8) is 0 Å². The summed E-state index contributed by atoms with van der Waals surface area (Å²) in [6.07, 6.45) is 0. The second kappa shape index (κ2) is 2.70. The van der Waals surface area contributed by atoms with Crippen LogP contribution in [0.4, 0.5) is 5.69 Å². The van der Waals surface area contributed by atoms with E-state index in [-0.39, 0.29) is 10.8 Å². The molecule has 5 nitrogen and oxygen atoms in total. The first kappa shape index (κ1) is 8.00. The standard InChI is InChI=1S/C7H4ClN3O2/c8-7-5-3-4(11(12)13)1-2-6(5)9-10-7/h1-3H,(H,9,10). The van der Waals surface area contributed by atoms with Crippen molar-refractivity contribution in [2.24, 2.45) is 0 Å². The summed E-state index contributed by atoms with van der Waals surface area (Å²) in [5.41, 5.74) is 0.700. The Hall–Kier alpha value is -1.62. The molecule has 0 radical (unpaired) electrons. The molecule has 0 unspecified atom stereocenters. The van der Waals surface area contributed by atoms with Crippen LogP contribution in [0, 0.1) is 10.1 Å². The van der Waals surface area contributed by atoms with Gasteiger partial charge in [-0.3, -0.25) is 15.2 Å². The second-order valence-corrected chi connectivity index (χ2v) is 2.86. The molecule has 2 rings (SSSR count).